The van der Waals surface area contributed by atoms with Crippen molar-refractivity contribution in [3.8, 4) is 0 Å². The third-order valence-corrected chi connectivity index (χ3v) is 5.24. The summed E-state index contributed by atoms with van der Waals surface area (Å²) >= 11 is 0. The minimum atomic E-state index is -0.0384. The Morgan fingerprint density at radius 3 is 2.62 bits per heavy atom. The van der Waals surface area contributed by atoms with Gasteiger partial charge in [0.15, 0.2) is 0 Å². The van der Waals surface area contributed by atoms with E-state index in [2.05, 4.69) is 38.3 Å². The molecule has 4 rings (SSSR count). The number of nitrogens with one attached hydrogen (secondary N) is 1. The largest absolute Gasteiger partial charge is 0.348 e. The molecular formula is C22H26N6O. The van der Waals surface area contributed by atoms with Crippen molar-refractivity contribution < 1.29 is 4.79 Å². The first-order valence-corrected chi connectivity index (χ1v) is 10.0. The summed E-state index contributed by atoms with van der Waals surface area (Å²) in [4.78, 5) is 23.5. The van der Waals surface area contributed by atoms with Gasteiger partial charge in [0.2, 0.25) is 5.95 Å². The van der Waals surface area contributed by atoms with Gasteiger partial charge in [-0.25, -0.2) is 9.97 Å². The van der Waals surface area contributed by atoms with Crippen molar-refractivity contribution in [3.05, 3.63) is 71.3 Å². The standard InChI is InChI=1S/C22H26N6O/c1-16-13-17(2)28(26-16)14-18-6-8-19(9-7-18)21(29)25-20-5-3-12-27(15-20)22-23-10-4-11-24-22/h4,6-11,13,20H,3,5,12,14-15H2,1-2H3,(H,25,29)/t20-/m1/s1. The van der Waals surface area contributed by atoms with E-state index >= 15 is 0 Å². The summed E-state index contributed by atoms with van der Waals surface area (Å²) in [7, 11) is 0. The van der Waals surface area contributed by atoms with Gasteiger partial charge >= 0.3 is 0 Å². The molecule has 0 unspecified atom stereocenters. The zero-order chi connectivity index (χ0) is 20.2. The number of amides is 1. The summed E-state index contributed by atoms with van der Waals surface area (Å²) in [5, 5.41) is 7.66. The highest BCUT2D eigenvalue weighted by molar-refractivity contribution is 5.94. The molecule has 0 aliphatic carbocycles. The Morgan fingerprint density at radius 2 is 1.93 bits per heavy atom. The number of nitrogens with zero attached hydrogens (tertiary/aromatic N) is 5. The van der Waals surface area contributed by atoms with E-state index in [1.54, 1.807) is 12.4 Å². The number of rotatable bonds is 5. The third-order valence-electron chi connectivity index (χ3n) is 5.24. The number of aromatic nitrogens is 4. The van der Waals surface area contributed by atoms with Crippen LogP contribution in [0.1, 0.15) is 40.2 Å². The first-order valence-electron chi connectivity index (χ1n) is 10.0. The number of piperidine rings is 1. The van der Waals surface area contributed by atoms with Crippen LogP contribution in [-0.4, -0.2) is 44.8 Å². The third kappa shape index (κ3) is 4.62. The Labute approximate surface area is 170 Å². The quantitative estimate of drug-likeness (QED) is 0.725. The molecule has 150 valence electrons. The van der Waals surface area contributed by atoms with E-state index in [-0.39, 0.29) is 11.9 Å². The molecule has 7 nitrogen and oxygen atoms in total. The lowest BCUT2D eigenvalue weighted by molar-refractivity contribution is 0.0933. The SMILES string of the molecule is Cc1cc(C)n(Cc2ccc(C(=O)N[C@@H]3CCCN(c4ncccn4)C3)cc2)n1. The minimum absolute atomic E-state index is 0.0384. The van der Waals surface area contributed by atoms with E-state index < -0.39 is 0 Å². The number of benzene rings is 1. The molecule has 0 bridgehead atoms. The molecule has 2 aromatic heterocycles. The van der Waals surface area contributed by atoms with Crippen LogP contribution in [0.4, 0.5) is 5.95 Å². The molecule has 1 saturated heterocycles. The number of carbonyl (C=O) groups is 1. The van der Waals surface area contributed by atoms with Crippen LogP contribution >= 0.6 is 0 Å². The Morgan fingerprint density at radius 1 is 1.17 bits per heavy atom. The zero-order valence-electron chi connectivity index (χ0n) is 16.9. The van der Waals surface area contributed by atoms with Crippen molar-refractivity contribution >= 4 is 11.9 Å². The average Bonchev–Trinajstić information content (AvgIpc) is 3.06. The minimum Gasteiger partial charge on any atom is -0.348 e. The Balaban J connectivity index is 1.36. The summed E-state index contributed by atoms with van der Waals surface area (Å²) in [6.07, 6.45) is 5.46. The number of hydrogen-bond donors (Lipinski definition) is 1. The van der Waals surface area contributed by atoms with Crippen molar-refractivity contribution in [3.63, 3.8) is 0 Å². The van der Waals surface area contributed by atoms with Crippen molar-refractivity contribution in [1.29, 1.82) is 0 Å². The molecule has 1 aliphatic heterocycles. The average molecular weight is 390 g/mol. The molecule has 3 aromatic rings. The van der Waals surface area contributed by atoms with Crippen LogP contribution in [0.2, 0.25) is 0 Å². The molecule has 1 aliphatic rings. The molecule has 1 amide bonds. The van der Waals surface area contributed by atoms with E-state index in [9.17, 15) is 4.79 Å². The molecule has 1 fully saturated rings. The predicted molar refractivity (Wildman–Crippen MR) is 112 cm³/mol. The van der Waals surface area contributed by atoms with Crippen LogP contribution in [0.15, 0.2) is 48.8 Å². The summed E-state index contributed by atoms with van der Waals surface area (Å²) < 4.78 is 1.98. The molecular weight excluding hydrogens is 364 g/mol. The van der Waals surface area contributed by atoms with E-state index in [0.717, 1.165) is 48.8 Å². The van der Waals surface area contributed by atoms with Gasteiger partial charge in [-0.2, -0.15) is 5.10 Å². The van der Waals surface area contributed by atoms with Crippen LogP contribution in [0.3, 0.4) is 0 Å². The van der Waals surface area contributed by atoms with Gasteiger partial charge in [0.25, 0.3) is 5.91 Å². The van der Waals surface area contributed by atoms with E-state index in [4.69, 9.17) is 0 Å². The van der Waals surface area contributed by atoms with Gasteiger partial charge in [0.1, 0.15) is 0 Å². The van der Waals surface area contributed by atoms with Crippen LogP contribution in [0, 0.1) is 13.8 Å². The zero-order valence-corrected chi connectivity index (χ0v) is 16.9. The van der Waals surface area contributed by atoms with Crippen molar-refractivity contribution in [2.24, 2.45) is 0 Å². The van der Waals surface area contributed by atoms with E-state index in [1.165, 1.54) is 0 Å². The normalized spacial score (nSPS) is 16.6. The van der Waals surface area contributed by atoms with Crippen molar-refractivity contribution in [1.82, 2.24) is 25.1 Å². The molecule has 0 saturated carbocycles. The van der Waals surface area contributed by atoms with Crippen molar-refractivity contribution in [2.45, 2.75) is 39.3 Å². The Bertz CT molecular complexity index is 967. The van der Waals surface area contributed by atoms with Gasteiger partial charge in [0, 0.05) is 42.8 Å². The van der Waals surface area contributed by atoms with E-state index in [0.29, 0.717) is 12.1 Å². The first-order chi connectivity index (χ1) is 14.1. The highest BCUT2D eigenvalue weighted by Crippen LogP contribution is 2.16. The molecule has 1 aromatic carbocycles. The van der Waals surface area contributed by atoms with Crippen LogP contribution in [-0.2, 0) is 6.54 Å². The molecule has 1 atom stereocenters. The van der Waals surface area contributed by atoms with Crippen LogP contribution < -0.4 is 10.2 Å². The lowest BCUT2D eigenvalue weighted by Gasteiger charge is -2.33. The van der Waals surface area contributed by atoms with Gasteiger partial charge in [0.05, 0.1) is 12.2 Å². The Kier molecular flexibility index (Phi) is 5.55. The monoisotopic (exact) mass is 390 g/mol. The van der Waals surface area contributed by atoms with Crippen LogP contribution in [0.5, 0.6) is 0 Å². The maximum Gasteiger partial charge on any atom is 0.251 e. The summed E-state index contributed by atoms with van der Waals surface area (Å²) in [6.45, 7) is 6.39. The fourth-order valence-corrected chi connectivity index (χ4v) is 3.77. The van der Waals surface area contributed by atoms with Crippen molar-refractivity contribution in [2.75, 3.05) is 18.0 Å². The number of carbonyl (C=O) groups excluding carboxylic acids is 1. The predicted octanol–water partition coefficient (Wildman–Crippen LogP) is 2.74. The molecule has 29 heavy (non-hydrogen) atoms. The molecule has 3 heterocycles. The second-order valence-electron chi connectivity index (χ2n) is 7.59. The number of anilines is 1. The lowest BCUT2D eigenvalue weighted by atomic mass is 10.0. The second kappa shape index (κ2) is 8.43. The van der Waals surface area contributed by atoms with Gasteiger partial charge in [-0.05, 0) is 56.5 Å². The van der Waals surface area contributed by atoms with Gasteiger partial charge in [-0.3, -0.25) is 9.48 Å². The fraction of sp³-hybridized carbons (Fsp3) is 0.364. The highest BCUT2D eigenvalue weighted by Gasteiger charge is 2.23. The topological polar surface area (TPSA) is 75.9 Å². The second-order valence-corrected chi connectivity index (χ2v) is 7.59. The maximum absolute atomic E-state index is 12.7. The Hall–Kier alpha value is -3.22. The van der Waals surface area contributed by atoms with Gasteiger partial charge in [-0.15, -0.1) is 0 Å². The molecule has 0 radical (unpaired) electrons. The maximum atomic E-state index is 12.7. The van der Waals surface area contributed by atoms with Gasteiger partial charge < -0.3 is 10.2 Å². The number of hydrogen-bond acceptors (Lipinski definition) is 5. The lowest BCUT2D eigenvalue weighted by Crippen LogP contribution is -2.48. The van der Waals surface area contributed by atoms with Crippen LogP contribution in [0.25, 0.3) is 0 Å². The molecule has 0 spiro atoms. The first kappa shape index (κ1) is 19.1. The van der Waals surface area contributed by atoms with Gasteiger partial charge in [-0.1, -0.05) is 12.1 Å². The number of aryl methyl sites for hydroxylation is 2. The molecule has 1 N–H and O–H groups in total. The van der Waals surface area contributed by atoms with E-state index in [1.807, 2.05) is 41.9 Å². The summed E-state index contributed by atoms with van der Waals surface area (Å²) in [5.41, 5.74) is 3.95. The smallest absolute Gasteiger partial charge is 0.251 e. The highest BCUT2D eigenvalue weighted by atomic mass is 16.1. The fourth-order valence-electron chi connectivity index (χ4n) is 3.77. The molecule has 7 heteroatoms. The summed E-state index contributed by atoms with van der Waals surface area (Å²) in [6, 6.07) is 11.7. The summed E-state index contributed by atoms with van der Waals surface area (Å²) in [5.74, 6) is 0.684.